The van der Waals surface area contributed by atoms with Crippen molar-refractivity contribution in [3.05, 3.63) is 29.3 Å². The monoisotopic (exact) mass is 344 g/mol. The van der Waals surface area contributed by atoms with Crippen molar-refractivity contribution in [3.8, 4) is 18.1 Å². The molecule has 3 aliphatic carbocycles. The van der Waals surface area contributed by atoms with Crippen LogP contribution in [0.1, 0.15) is 49.7 Å². The number of methoxy groups -OCH3 is 1. The summed E-state index contributed by atoms with van der Waals surface area (Å²) in [6.45, 7) is 2.17. The zero-order valence-electron chi connectivity index (χ0n) is 14.4. The van der Waals surface area contributed by atoms with Gasteiger partial charge in [-0.05, 0) is 67.2 Å². The summed E-state index contributed by atoms with van der Waals surface area (Å²) in [5.41, 5.74) is 1.48. The molecule has 0 bridgehead atoms. The molecular formula is C21H25ClO2. The zero-order chi connectivity index (χ0) is 17.1. The van der Waals surface area contributed by atoms with Crippen molar-refractivity contribution < 1.29 is 9.84 Å². The standard InChI is InChI=1S/C21H25ClO2/c1-4-21(23)10-9-17-16-7-5-13-11-14(24-3)6-8-15(13)19(16)18(22)12-20(17,21)2/h1,6,8,11,16-19,23H,5,7,9-10,12H2,2-3H3/t16-,17-,18-,19+,20-,21-/m0/s1. The van der Waals surface area contributed by atoms with Gasteiger partial charge in [-0.1, -0.05) is 18.9 Å². The molecule has 4 rings (SSSR count). The van der Waals surface area contributed by atoms with Gasteiger partial charge in [0.1, 0.15) is 11.4 Å². The highest BCUT2D eigenvalue weighted by Crippen LogP contribution is 2.65. The van der Waals surface area contributed by atoms with Gasteiger partial charge in [0.25, 0.3) is 0 Å². The van der Waals surface area contributed by atoms with Crippen molar-refractivity contribution in [1.82, 2.24) is 0 Å². The fourth-order valence-corrected chi connectivity index (χ4v) is 6.59. The highest BCUT2D eigenvalue weighted by Gasteiger charge is 2.63. The van der Waals surface area contributed by atoms with Gasteiger partial charge >= 0.3 is 0 Å². The number of aryl methyl sites for hydroxylation is 1. The summed E-state index contributed by atoms with van der Waals surface area (Å²) in [5.74, 6) is 4.95. The van der Waals surface area contributed by atoms with Crippen LogP contribution in [0.5, 0.6) is 5.75 Å². The fraction of sp³-hybridized carbons (Fsp3) is 0.619. The van der Waals surface area contributed by atoms with Crippen molar-refractivity contribution in [2.45, 2.75) is 55.9 Å². The predicted octanol–water partition coefficient (Wildman–Crippen LogP) is 4.13. The van der Waals surface area contributed by atoms with E-state index in [4.69, 9.17) is 22.8 Å². The molecule has 1 aromatic rings. The molecule has 2 saturated carbocycles. The van der Waals surface area contributed by atoms with Crippen LogP contribution in [-0.2, 0) is 6.42 Å². The number of terminal acetylenes is 1. The summed E-state index contributed by atoms with van der Waals surface area (Å²) in [5, 5.41) is 11.0. The Morgan fingerprint density at radius 3 is 2.88 bits per heavy atom. The lowest BCUT2D eigenvalue weighted by Crippen LogP contribution is -2.53. The van der Waals surface area contributed by atoms with E-state index in [9.17, 15) is 5.11 Å². The summed E-state index contributed by atoms with van der Waals surface area (Å²) >= 11 is 6.92. The minimum atomic E-state index is -1.00. The van der Waals surface area contributed by atoms with E-state index >= 15 is 0 Å². The molecule has 6 atom stereocenters. The third kappa shape index (κ3) is 2.01. The highest BCUT2D eigenvalue weighted by molar-refractivity contribution is 6.21. The van der Waals surface area contributed by atoms with Gasteiger partial charge in [0.2, 0.25) is 0 Å². The Morgan fingerprint density at radius 1 is 1.38 bits per heavy atom. The molecule has 0 saturated heterocycles. The Bertz CT molecular complexity index is 708. The fourth-order valence-electron chi connectivity index (χ4n) is 5.95. The van der Waals surface area contributed by atoms with E-state index in [0.29, 0.717) is 24.2 Å². The molecule has 24 heavy (non-hydrogen) atoms. The molecule has 2 fully saturated rings. The van der Waals surface area contributed by atoms with Gasteiger partial charge in [-0.25, -0.2) is 0 Å². The molecule has 0 aliphatic heterocycles. The largest absolute Gasteiger partial charge is 0.497 e. The maximum absolute atomic E-state index is 11.0. The van der Waals surface area contributed by atoms with Crippen molar-refractivity contribution in [2.75, 3.05) is 7.11 Å². The molecule has 0 unspecified atom stereocenters. The van der Waals surface area contributed by atoms with Crippen molar-refractivity contribution in [2.24, 2.45) is 17.3 Å². The number of halogens is 1. The van der Waals surface area contributed by atoms with Crippen LogP contribution in [0.4, 0.5) is 0 Å². The molecule has 3 aliphatic rings. The van der Waals surface area contributed by atoms with E-state index < -0.39 is 5.60 Å². The Balaban J connectivity index is 1.75. The molecule has 1 N–H and O–H groups in total. The van der Waals surface area contributed by atoms with Crippen LogP contribution in [0.15, 0.2) is 18.2 Å². The molecule has 0 radical (unpaired) electrons. The molecule has 1 aromatic carbocycles. The number of aliphatic hydroxyl groups is 1. The normalized spacial score (nSPS) is 43.3. The Kier molecular flexibility index (Phi) is 3.68. The smallest absolute Gasteiger partial charge is 0.130 e. The van der Waals surface area contributed by atoms with Crippen LogP contribution in [0.2, 0.25) is 0 Å². The maximum Gasteiger partial charge on any atom is 0.130 e. The van der Waals surface area contributed by atoms with Gasteiger partial charge in [0.05, 0.1) is 7.11 Å². The van der Waals surface area contributed by atoms with Gasteiger partial charge in [0, 0.05) is 16.7 Å². The van der Waals surface area contributed by atoms with Crippen molar-refractivity contribution in [1.29, 1.82) is 0 Å². The summed E-state index contributed by atoms with van der Waals surface area (Å²) in [7, 11) is 1.71. The average Bonchev–Trinajstić information content (AvgIpc) is 2.85. The minimum absolute atomic E-state index is 0.0154. The van der Waals surface area contributed by atoms with Gasteiger partial charge in [-0.3, -0.25) is 0 Å². The van der Waals surface area contributed by atoms with Gasteiger partial charge in [0.15, 0.2) is 0 Å². The second kappa shape index (κ2) is 5.41. The highest BCUT2D eigenvalue weighted by atomic mass is 35.5. The van der Waals surface area contributed by atoms with E-state index in [1.807, 2.05) is 6.07 Å². The minimum Gasteiger partial charge on any atom is -0.497 e. The SMILES string of the molecule is C#C[C@]1(O)CC[C@H]2[C@@H]3CCc4cc(OC)ccc4[C@H]3[C@@H](Cl)C[C@@]21C. The lowest BCUT2D eigenvalue weighted by molar-refractivity contribution is -0.0631. The zero-order valence-corrected chi connectivity index (χ0v) is 15.1. The Hall–Kier alpha value is -1.17. The summed E-state index contributed by atoms with van der Waals surface area (Å²) in [6.07, 6.45) is 10.4. The molecule has 0 heterocycles. The first-order valence-corrected chi connectivity index (χ1v) is 9.38. The molecule has 3 heteroatoms. The average molecular weight is 345 g/mol. The summed E-state index contributed by atoms with van der Waals surface area (Å²) in [4.78, 5) is 0. The number of fused-ring (bicyclic) bond motifs is 5. The molecular weight excluding hydrogens is 320 g/mol. The molecule has 2 nitrogen and oxygen atoms in total. The van der Waals surface area contributed by atoms with Crippen LogP contribution in [0.25, 0.3) is 0 Å². The number of ether oxygens (including phenoxy) is 1. The van der Waals surface area contributed by atoms with E-state index in [1.165, 1.54) is 11.1 Å². The number of alkyl halides is 1. The van der Waals surface area contributed by atoms with Crippen molar-refractivity contribution in [3.63, 3.8) is 0 Å². The molecule has 128 valence electrons. The topological polar surface area (TPSA) is 29.5 Å². The number of hydrogen-bond acceptors (Lipinski definition) is 2. The van der Waals surface area contributed by atoms with Crippen LogP contribution in [-0.4, -0.2) is 23.2 Å². The van der Waals surface area contributed by atoms with Crippen LogP contribution >= 0.6 is 11.6 Å². The lowest BCUT2D eigenvalue weighted by Gasteiger charge is -2.54. The second-order valence-electron chi connectivity index (χ2n) is 8.08. The predicted molar refractivity (Wildman–Crippen MR) is 96.4 cm³/mol. The number of hydrogen-bond donors (Lipinski definition) is 1. The van der Waals surface area contributed by atoms with E-state index in [1.54, 1.807) is 7.11 Å². The van der Waals surface area contributed by atoms with Crippen LogP contribution < -0.4 is 4.74 Å². The Labute approximate surface area is 149 Å². The van der Waals surface area contributed by atoms with E-state index in [-0.39, 0.29) is 10.8 Å². The second-order valence-corrected chi connectivity index (χ2v) is 8.64. The van der Waals surface area contributed by atoms with Gasteiger partial charge in [-0.15, -0.1) is 18.0 Å². The molecule has 0 spiro atoms. The third-order valence-electron chi connectivity index (χ3n) is 7.26. The maximum atomic E-state index is 11.0. The number of benzene rings is 1. The summed E-state index contributed by atoms with van der Waals surface area (Å²) < 4.78 is 5.38. The first kappa shape index (κ1) is 16.3. The van der Waals surface area contributed by atoms with E-state index in [0.717, 1.165) is 31.4 Å². The van der Waals surface area contributed by atoms with Crippen molar-refractivity contribution >= 4 is 11.6 Å². The molecule has 0 amide bonds. The lowest BCUT2D eigenvalue weighted by atomic mass is 9.53. The third-order valence-corrected chi connectivity index (χ3v) is 7.69. The van der Waals surface area contributed by atoms with Gasteiger partial charge in [-0.2, -0.15) is 0 Å². The van der Waals surface area contributed by atoms with Crippen LogP contribution in [0, 0.1) is 29.6 Å². The first-order valence-electron chi connectivity index (χ1n) is 8.94. The van der Waals surface area contributed by atoms with Gasteiger partial charge < -0.3 is 9.84 Å². The van der Waals surface area contributed by atoms with E-state index in [2.05, 4.69) is 25.0 Å². The van der Waals surface area contributed by atoms with Crippen LogP contribution in [0.3, 0.4) is 0 Å². The Morgan fingerprint density at radius 2 is 2.17 bits per heavy atom. The molecule has 0 aromatic heterocycles. The quantitative estimate of drug-likeness (QED) is 0.613. The summed E-state index contributed by atoms with van der Waals surface area (Å²) in [6, 6.07) is 6.41. The number of rotatable bonds is 1. The first-order chi connectivity index (χ1) is 11.4.